The molecule has 62 valence electrons. The van der Waals surface area contributed by atoms with Crippen molar-refractivity contribution in [2.75, 3.05) is 5.43 Å². The van der Waals surface area contributed by atoms with Crippen molar-refractivity contribution in [2.45, 2.75) is 12.8 Å². The molecule has 0 spiro atoms. The molecule has 0 unspecified atom stereocenters. The molecule has 3 heteroatoms. The Morgan fingerprint density at radius 2 is 1.83 bits per heavy atom. The van der Waals surface area contributed by atoms with Crippen molar-refractivity contribution in [3.05, 3.63) is 30.3 Å². The van der Waals surface area contributed by atoms with Crippen LogP contribution in [0.1, 0.15) is 12.8 Å². The lowest BCUT2D eigenvalue weighted by Gasteiger charge is -2.02. The number of hydrogen-bond acceptors (Lipinski definition) is 3. The van der Waals surface area contributed by atoms with E-state index in [1.165, 1.54) is 5.71 Å². The second-order valence-corrected chi connectivity index (χ2v) is 2.78. The van der Waals surface area contributed by atoms with E-state index in [1.807, 2.05) is 30.3 Å². The molecule has 1 aliphatic carbocycles. The van der Waals surface area contributed by atoms with Crippen molar-refractivity contribution in [3.63, 3.8) is 0 Å². The Labute approximate surface area is 71.5 Å². The van der Waals surface area contributed by atoms with E-state index in [-0.39, 0.29) is 0 Å². The fourth-order valence-corrected chi connectivity index (χ4v) is 0.861. The van der Waals surface area contributed by atoms with Crippen LogP contribution in [0.25, 0.3) is 0 Å². The van der Waals surface area contributed by atoms with Crippen LogP contribution in [0.2, 0.25) is 0 Å². The molecule has 0 bridgehead atoms. The molecular weight excluding hydrogens is 150 g/mol. The van der Waals surface area contributed by atoms with Crippen LogP contribution in [0.3, 0.4) is 0 Å². The maximum absolute atomic E-state index is 4.09. The summed E-state index contributed by atoms with van der Waals surface area (Å²) in [6.45, 7) is 0. The zero-order chi connectivity index (χ0) is 8.23. The molecule has 3 nitrogen and oxygen atoms in total. The van der Waals surface area contributed by atoms with E-state index < -0.39 is 0 Å². The van der Waals surface area contributed by atoms with Crippen molar-refractivity contribution >= 4 is 11.4 Å². The van der Waals surface area contributed by atoms with Crippen molar-refractivity contribution in [1.82, 2.24) is 5.53 Å². The molecular formula is C9H11N3. The third-order valence-electron chi connectivity index (χ3n) is 1.66. The van der Waals surface area contributed by atoms with Crippen LogP contribution < -0.4 is 11.0 Å². The molecule has 1 aliphatic rings. The number of nitrogens with one attached hydrogen (secondary N) is 2. The van der Waals surface area contributed by atoms with E-state index in [9.17, 15) is 0 Å². The molecule has 2 rings (SSSR count). The molecule has 1 aromatic carbocycles. The maximum Gasteiger partial charge on any atom is 0.0555 e. The standard InChI is InChI=1S/C9H11N3/c1-2-4-8(5-3-1)10-12-11-9-6-7-9/h1-5,10,12H,6-7H2. The predicted molar refractivity (Wildman–Crippen MR) is 49.9 cm³/mol. The van der Waals surface area contributed by atoms with Gasteiger partial charge in [0.05, 0.1) is 5.69 Å². The molecule has 1 aromatic rings. The van der Waals surface area contributed by atoms with Gasteiger partial charge in [-0.2, -0.15) is 5.10 Å². The Kier molecular flexibility index (Phi) is 1.94. The Morgan fingerprint density at radius 3 is 2.50 bits per heavy atom. The topological polar surface area (TPSA) is 36.4 Å². The smallest absolute Gasteiger partial charge is 0.0555 e. The van der Waals surface area contributed by atoms with Crippen molar-refractivity contribution < 1.29 is 0 Å². The summed E-state index contributed by atoms with van der Waals surface area (Å²) in [5, 5.41) is 4.09. The minimum Gasteiger partial charge on any atom is -0.285 e. The minimum atomic E-state index is 1.03. The van der Waals surface area contributed by atoms with Gasteiger partial charge in [-0.3, -0.25) is 5.43 Å². The van der Waals surface area contributed by atoms with Gasteiger partial charge in [0.15, 0.2) is 0 Å². The highest BCUT2D eigenvalue weighted by Gasteiger charge is 2.12. The maximum atomic E-state index is 4.09. The van der Waals surface area contributed by atoms with Gasteiger partial charge in [0.25, 0.3) is 0 Å². The van der Waals surface area contributed by atoms with Gasteiger partial charge in [0, 0.05) is 5.71 Å². The van der Waals surface area contributed by atoms with Crippen LogP contribution >= 0.6 is 0 Å². The summed E-state index contributed by atoms with van der Waals surface area (Å²) >= 11 is 0. The Balaban J connectivity index is 1.83. The zero-order valence-corrected chi connectivity index (χ0v) is 6.75. The van der Waals surface area contributed by atoms with Gasteiger partial charge < -0.3 is 0 Å². The van der Waals surface area contributed by atoms with Gasteiger partial charge >= 0.3 is 0 Å². The van der Waals surface area contributed by atoms with Gasteiger partial charge in [-0.05, 0) is 25.0 Å². The third-order valence-corrected chi connectivity index (χ3v) is 1.66. The van der Waals surface area contributed by atoms with Crippen molar-refractivity contribution in [3.8, 4) is 0 Å². The molecule has 0 amide bonds. The largest absolute Gasteiger partial charge is 0.285 e. The number of para-hydroxylation sites is 1. The van der Waals surface area contributed by atoms with Crippen LogP contribution in [0.5, 0.6) is 0 Å². The third kappa shape index (κ3) is 1.99. The summed E-state index contributed by atoms with van der Waals surface area (Å²) in [6, 6.07) is 9.92. The molecule has 0 aromatic heterocycles. The first-order chi connectivity index (χ1) is 5.95. The van der Waals surface area contributed by atoms with Crippen LogP contribution in [-0.4, -0.2) is 5.71 Å². The first kappa shape index (κ1) is 7.16. The Morgan fingerprint density at radius 1 is 1.08 bits per heavy atom. The number of rotatable bonds is 3. The fraction of sp³-hybridized carbons (Fsp3) is 0.222. The van der Waals surface area contributed by atoms with Crippen molar-refractivity contribution in [1.29, 1.82) is 0 Å². The van der Waals surface area contributed by atoms with E-state index in [0.29, 0.717) is 0 Å². The van der Waals surface area contributed by atoms with Crippen LogP contribution in [0.15, 0.2) is 35.4 Å². The zero-order valence-electron chi connectivity index (χ0n) is 6.75. The lowest BCUT2D eigenvalue weighted by Crippen LogP contribution is -2.14. The first-order valence-corrected chi connectivity index (χ1v) is 4.07. The van der Waals surface area contributed by atoms with Crippen LogP contribution in [-0.2, 0) is 0 Å². The van der Waals surface area contributed by atoms with E-state index >= 15 is 0 Å². The molecule has 0 heterocycles. The number of nitrogens with zero attached hydrogens (tertiary/aromatic N) is 1. The molecule has 2 N–H and O–H groups in total. The predicted octanol–water partition coefficient (Wildman–Crippen LogP) is 1.75. The normalized spacial score (nSPS) is 13.8. The number of hydrazone groups is 1. The van der Waals surface area contributed by atoms with Gasteiger partial charge in [-0.1, -0.05) is 18.2 Å². The lowest BCUT2D eigenvalue weighted by atomic mass is 10.3. The van der Waals surface area contributed by atoms with E-state index in [2.05, 4.69) is 16.1 Å². The second-order valence-electron chi connectivity index (χ2n) is 2.78. The van der Waals surface area contributed by atoms with Gasteiger partial charge in [-0.25, -0.2) is 5.53 Å². The molecule has 0 atom stereocenters. The van der Waals surface area contributed by atoms with Crippen LogP contribution in [0, 0.1) is 0 Å². The lowest BCUT2D eigenvalue weighted by molar-refractivity contribution is 0.881. The summed E-state index contributed by atoms with van der Waals surface area (Å²) < 4.78 is 0. The van der Waals surface area contributed by atoms with Crippen LogP contribution in [0.4, 0.5) is 5.69 Å². The second kappa shape index (κ2) is 3.26. The molecule has 12 heavy (non-hydrogen) atoms. The molecule has 0 radical (unpaired) electrons. The number of anilines is 1. The van der Waals surface area contributed by atoms with Gasteiger partial charge in [0.1, 0.15) is 0 Å². The molecule has 1 saturated carbocycles. The molecule has 0 saturated heterocycles. The fourth-order valence-electron chi connectivity index (χ4n) is 0.861. The van der Waals surface area contributed by atoms with E-state index in [4.69, 9.17) is 0 Å². The summed E-state index contributed by atoms with van der Waals surface area (Å²) in [7, 11) is 0. The average Bonchev–Trinajstić information content (AvgIpc) is 2.90. The van der Waals surface area contributed by atoms with Crippen molar-refractivity contribution in [2.24, 2.45) is 5.10 Å². The Bertz CT molecular complexity index is 273. The highest BCUT2D eigenvalue weighted by molar-refractivity contribution is 5.97. The highest BCUT2D eigenvalue weighted by Crippen LogP contribution is 2.12. The van der Waals surface area contributed by atoms with Gasteiger partial charge in [-0.15, -0.1) is 0 Å². The SMILES string of the molecule is c1ccc(NNN=C2CC2)cc1. The Hall–Kier alpha value is -1.51. The summed E-state index contributed by atoms with van der Waals surface area (Å²) in [4.78, 5) is 0. The summed E-state index contributed by atoms with van der Waals surface area (Å²) in [6.07, 6.45) is 2.28. The highest BCUT2D eigenvalue weighted by atomic mass is 15.6. The summed E-state index contributed by atoms with van der Waals surface area (Å²) in [5.74, 6) is 0. The first-order valence-electron chi connectivity index (χ1n) is 4.07. The van der Waals surface area contributed by atoms with E-state index in [0.717, 1.165) is 18.5 Å². The average molecular weight is 161 g/mol. The monoisotopic (exact) mass is 161 g/mol. The molecule has 0 aliphatic heterocycles. The number of benzene rings is 1. The number of hydrazine groups is 1. The van der Waals surface area contributed by atoms with Gasteiger partial charge in [0.2, 0.25) is 0 Å². The molecule has 1 fully saturated rings. The van der Waals surface area contributed by atoms with E-state index in [1.54, 1.807) is 0 Å². The number of hydrogen-bond donors (Lipinski definition) is 2. The minimum absolute atomic E-state index is 1.03. The summed E-state index contributed by atoms with van der Waals surface area (Å²) in [5.41, 5.74) is 8.04. The quantitative estimate of drug-likeness (QED) is 0.662.